The van der Waals surface area contributed by atoms with Crippen LogP contribution in [-0.2, 0) is 0 Å². The second-order valence-electron chi connectivity index (χ2n) is 6.93. The average molecular weight is 451 g/mol. The lowest BCUT2D eigenvalue weighted by Crippen LogP contribution is -2.11. The third-order valence-electron chi connectivity index (χ3n) is 4.88. The number of hydrogen-bond donors (Lipinski definition) is 0. The van der Waals surface area contributed by atoms with E-state index in [1.165, 1.54) is 0 Å². The van der Waals surface area contributed by atoms with Gasteiger partial charge in [-0.1, -0.05) is 17.7 Å². The van der Waals surface area contributed by atoms with E-state index >= 15 is 0 Å². The number of carbonyl (C=O) groups excluding carboxylic acids is 2. The molecule has 0 bridgehead atoms. The van der Waals surface area contributed by atoms with Crippen molar-refractivity contribution in [2.24, 2.45) is 0 Å². The molecule has 1 aliphatic rings. The van der Waals surface area contributed by atoms with Gasteiger partial charge in [-0.3, -0.25) is 9.59 Å². The summed E-state index contributed by atoms with van der Waals surface area (Å²) in [5.74, 6) is 1.69. The van der Waals surface area contributed by atoms with Gasteiger partial charge in [-0.25, -0.2) is 0 Å². The van der Waals surface area contributed by atoms with Crippen LogP contribution in [0.15, 0.2) is 66.4 Å². The maximum atomic E-state index is 12.7. The normalized spacial score (nSPS) is 13.5. The van der Waals surface area contributed by atoms with Crippen LogP contribution in [0.25, 0.3) is 6.08 Å². The number of methoxy groups -OCH3 is 2. The van der Waals surface area contributed by atoms with Gasteiger partial charge in [0.25, 0.3) is 0 Å². The summed E-state index contributed by atoms with van der Waals surface area (Å²) < 4.78 is 21.9. The van der Waals surface area contributed by atoms with Crippen LogP contribution in [0.1, 0.15) is 26.3 Å². The van der Waals surface area contributed by atoms with Crippen LogP contribution in [0.4, 0.5) is 0 Å². The zero-order valence-electron chi connectivity index (χ0n) is 17.4. The summed E-state index contributed by atoms with van der Waals surface area (Å²) in [7, 11) is 3.10. The highest BCUT2D eigenvalue weighted by Crippen LogP contribution is 2.36. The molecule has 1 heterocycles. The number of halogens is 1. The van der Waals surface area contributed by atoms with E-state index < -0.39 is 0 Å². The molecule has 0 fully saturated rings. The Morgan fingerprint density at radius 2 is 1.72 bits per heavy atom. The van der Waals surface area contributed by atoms with E-state index in [2.05, 4.69) is 0 Å². The van der Waals surface area contributed by atoms with Gasteiger partial charge in [0, 0.05) is 16.7 Å². The van der Waals surface area contributed by atoms with E-state index in [1.807, 2.05) is 0 Å². The Morgan fingerprint density at radius 1 is 0.969 bits per heavy atom. The van der Waals surface area contributed by atoms with E-state index in [0.717, 1.165) is 5.56 Å². The Bertz CT molecular complexity index is 1210. The zero-order chi connectivity index (χ0) is 22.7. The summed E-state index contributed by atoms with van der Waals surface area (Å²) in [5.41, 5.74) is 1.65. The summed E-state index contributed by atoms with van der Waals surface area (Å²) in [6.45, 7) is -0.150. The predicted molar refractivity (Wildman–Crippen MR) is 120 cm³/mol. The summed E-state index contributed by atoms with van der Waals surface area (Å²) >= 11 is 5.85. The first-order chi connectivity index (χ1) is 15.5. The fourth-order valence-electron chi connectivity index (χ4n) is 3.22. The van der Waals surface area contributed by atoms with Crippen LogP contribution in [0.5, 0.6) is 23.0 Å². The molecule has 3 aromatic carbocycles. The van der Waals surface area contributed by atoms with Gasteiger partial charge in [0.2, 0.25) is 5.78 Å². The lowest BCUT2D eigenvalue weighted by molar-refractivity contribution is 0.0921. The molecule has 0 N–H and O–H groups in total. The molecule has 3 aromatic rings. The van der Waals surface area contributed by atoms with E-state index in [0.29, 0.717) is 39.1 Å². The van der Waals surface area contributed by atoms with Gasteiger partial charge >= 0.3 is 0 Å². The van der Waals surface area contributed by atoms with E-state index in [-0.39, 0.29) is 23.9 Å². The third kappa shape index (κ3) is 4.45. The van der Waals surface area contributed by atoms with Gasteiger partial charge < -0.3 is 18.9 Å². The smallest absolute Gasteiger partial charge is 0.231 e. The highest BCUT2D eigenvalue weighted by Gasteiger charge is 2.28. The van der Waals surface area contributed by atoms with Crippen molar-refractivity contribution >= 4 is 29.2 Å². The molecule has 0 atom stereocenters. The van der Waals surface area contributed by atoms with Crippen molar-refractivity contribution in [2.75, 3.05) is 20.8 Å². The Kier molecular flexibility index (Phi) is 6.14. The molecule has 4 rings (SSSR count). The summed E-state index contributed by atoms with van der Waals surface area (Å²) in [5, 5.41) is 0.555. The highest BCUT2D eigenvalue weighted by molar-refractivity contribution is 6.30. The van der Waals surface area contributed by atoms with Crippen LogP contribution in [0, 0.1) is 0 Å². The zero-order valence-corrected chi connectivity index (χ0v) is 18.1. The molecule has 6 nitrogen and oxygen atoms in total. The van der Waals surface area contributed by atoms with Crippen molar-refractivity contribution in [1.82, 2.24) is 0 Å². The number of benzene rings is 3. The first-order valence-electron chi connectivity index (χ1n) is 9.70. The summed E-state index contributed by atoms with van der Waals surface area (Å²) in [4.78, 5) is 25.0. The third-order valence-corrected chi connectivity index (χ3v) is 5.13. The van der Waals surface area contributed by atoms with Crippen LogP contribution >= 0.6 is 11.6 Å². The van der Waals surface area contributed by atoms with Crippen LogP contribution in [0.3, 0.4) is 0 Å². The molecule has 0 radical (unpaired) electrons. The quantitative estimate of drug-likeness (QED) is 0.362. The van der Waals surface area contributed by atoms with Crippen molar-refractivity contribution in [2.45, 2.75) is 0 Å². The number of allylic oxidation sites excluding steroid dienone is 1. The van der Waals surface area contributed by atoms with Gasteiger partial charge in [0.05, 0.1) is 19.8 Å². The van der Waals surface area contributed by atoms with Crippen molar-refractivity contribution in [3.63, 3.8) is 0 Å². The van der Waals surface area contributed by atoms with Crippen molar-refractivity contribution in [3.05, 3.63) is 88.1 Å². The SMILES string of the molecule is COc1ccc(/C=C2\Oc3cc(OCC(=O)c4ccc(Cl)cc4)ccc3C2=O)cc1OC. The fraction of sp³-hybridized carbons (Fsp3) is 0.120. The maximum Gasteiger partial charge on any atom is 0.231 e. The minimum atomic E-state index is -0.237. The molecule has 0 amide bonds. The van der Waals surface area contributed by atoms with E-state index in [1.54, 1.807) is 81.0 Å². The van der Waals surface area contributed by atoms with Crippen molar-refractivity contribution < 1.29 is 28.5 Å². The van der Waals surface area contributed by atoms with E-state index in [4.69, 9.17) is 30.5 Å². The molecular weight excluding hydrogens is 432 g/mol. The Hall–Kier alpha value is -3.77. The second-order valence-corrected chi connectivity index (χ2v) is 7.37. The lowest BCUT2D eigenvalue weighted by Gasteiger charge is -2.08. The molecular formula is C25H19ClO6. The molecule has 1 aliphatic heterocycles. The lowest BCUT2D eigenvalue weighted by atomic mass is 10.1. The van der Waals surface area contributed by atoms with Crippen molar-refractivity contribution in [3.8, 4) is 23.0 Å². The molecule has 32 heavy (non-hydrogen) atoms. The van der Waals surface area contributed by atoms with Gasteiger partial charge in [-0.2, -0.15) is 0 Å². The molecule has 7 heteroatoms. The predicted octanol–water partition coefficient (Wildman–Crippen LogP) is 5.24. The monoisotopic (exact) mass is 450 g/mol. The highest BCUT2D eigenvalue weighted by atomic mass is 35.5. The van der Waals surface area contributed by atoms with Crippen LogP contribution in [-0.4, -0.2) is 32.4 Å². The summed E-state index contributed by atoms with van der Waals surface area (Å²) in [6, 6.07) is 16.7. The standard InChI is InChI=1S/C25H19ClO6/c1-29-21-10-3-15(11-23(21)30-2)12-24-25(28)19-9-8-18(13-22(19)32-24)31-14-20(27)16-4-6-17(26)7-5-16/h3-13H,14H2,1-2H3/b24-12-. The Morgan fingerprint density at radius 3 is 2.44 bits per heavy atom. The van der Waals surface area contributed by atoms with E-state index in [9.17, 15) is 9.59 Å². The molecule has 0 spiro atoms. The van der Waals surface area contributed by atoms with Gasteiger partial charge in [0.1, 0.15) is 11.5 Å². The number of carbonyl (C=O) groups is 2. The first-order valence-corrected chi connectivity index (χ1v) is 10.1. The summed E-state index contributed by atoms with van der Waals surface area (Å²) in [6.07, 6.45) is 1.63. The number of fused-ring (bicyclic) bond motifs is 1. The molecule has 0 saturated heterocycles. The minimum absolute atomic E-state index is 0.150. The largest absolute Gasteiger partial charge is 0.493 e. The molecule has 162 valence electrons. The molecule has 0 saturated carbocycles. The van der Waals surface area contributed by atoms with Gasteiger partial charge in [0.15, 0.2) is 29.6 Å². The first kappa shape index (κ1) is 21.5. The van der Waals surface area contributed by atoms with Crippen LogP contribution in [0.2, 0.25) is 5.02 Å². The van der Waals surface area contributed by atoms with Gasteiger partial charge in [-0.15, -0.1) is 0 Å². The Balaban J connectivity index is 1.48. The number of Topliss-reactive ketones (excluding diaryl/α,β-unsaturated/α-hetero) is 2. The second kappa shape index (κ2) is 9.16. The fourth-order valence-corrected chi connectivity index (χ4v) is 3.34. The molecule has 0 aromatic heterocycles. The van der Waals surface area contributed by atoms with Crippen LogP contribution < -0.4 is 18.9 Å². The Labute approximate surface area is 189 Å². The number of hydrogen-bond acceptors (Lipinski definition) is 6. The molecule has 0 unspecified atom stereocenters. The maximum absolute atomic E-state index is 12.7. The minimum Gasteiger partial charge on any atom is -0.493 e. The molecule has 0 aliphatic carbocycles. The number of ether oxygens (including phenoxy) is 4. The average Bonchev–Trinajstić information content (AvgIpc) is 3.12. The topological polar surface area (TPSA) is 71.1 Å². The number of rotatable bonds is 7. The number of ketones is 2. The van der Waals surface area contributed by atoms with Gasteiger partial charge in [-0.05, 0) is 60.2 Å². The van der Waals surface area contributed by atoms with Crippen molar-refractivity contribution in [1.29, 1.82) is 0 Å².